The number of hydrogen-bond acceptors (Lipinski definition) is 5. The molecular weight excluding hydrogens is 376 g/mol. The topological polar surface area (TPSA) is 108 Å². The van der Waals surface area contributed by atoms with E-state index in [0.29, 0.717) is 10.7 Å². The standard InChI is InChI=1S/C16H19ClN6O2S/c1-10-3-13(17)23-14(10)15(11(6-18)7-20-23)22-8-16(9-22)4-12(5-16)21(2)26(19,24)25/h3,7,12H,4-5,8-9H2,1-2H3,(H2,19,24,25). The second-order valence-corrected chi connectivity index (χ2v) is 9.40. The lowest BCUT2D eigenvalue weighted by molar-refractivity contribution is 0.0211. The number of nitriles is 1. The first kappa shape index (κ1) is 17.5. The van der Waals surface area contributed by atoms with Gasteiger partial charge >= 0.3 is 0 Å². The van der Waals surface area contributed by atoms with Crippen LogP contribution in [0.15, 0.2) is 12.3 Å². The molecule has 10 heteroatoms. The highest BCUT2D eigenvalue weighted by Gasteiger charge is 2.55. The summed E-state index contributed by atoms with van der Waals surface area (Å²) in [6.07, 6.45) is 3.10. The Morgan fingerprint density at radius 2 is 2.12 bits per heavy atom. The summed E-state index contributed by atoms with van der Waals surface area (Å²) in [5.74, 6) is 0. The lowest BCUT2D eigenvalue weighted by Gasteiger charge is -2.61. The number of aromatic nitrogens is 2. The maximum atomic E-state index is 11.5. The van der Waals surface area contributed by atoms with Crippen molar-refractivity contribution in [3.05, 3.63) is 28.5 Å². The Hall–Kier alpha value is -1.86. The highest BCUT2D eigenvalue weighted by Crippen LogP contribution is 2.52. The monoisotopic (exact) mass is 394 g/mol. The normalized spacial score (nSPS) is 19.6. The van der Waals surface area contributed by atoms with Gasteiger partial charge in [-0.05, 0) is 31.4 Å². The van der Waals surface area contributed by atoms with E-state index in [0.717, 1.165) is 42.7 Å². The van der Waals surface area contributed by atoms with Crippen molar-refractivity contribution in [1.29, 1.82) is 5.26 Å². The van der Waals surface area contributed by atoms with Crippen LogP contribution in [-0.4, -0.2) is 48.5 Å². The number of nitrogens with two attached hydrogens (primary N) is 1. The van der Waals surface area contributed by atoms with Gasteiger partial charge in [-0.1, -0.05) is 11.6 Å². The highest BCUT2D eigenvalue weighted by atomic mass is 35.5. The van der Waals surface area contributed by atoms with E-state index in [4.69, 9.17) is 16.7 Å². The third-order valence-corrected chi connectivity index (χ3v) is 7.02. The van der Waals surface area contributed by atoms with Gasteiger partial charge in [0.15, 0.2) is 0 Å². The van der Waals surface area contributed by atoms with Gasteiger partial charge in [-0.15, -0.1) is 0 Å². The van der Waals surface area contributed by atoms with Crippen LogP contribution in [0.2, 0.25) is 5.15 Å². The lowest BCUT2D eigenvalue weighted by Crippen LogP contribution is -2.67. The molecule has 2 aromatic heterocycles. The van der Waals surface area contributed by atoms with Crippen molar-refractivity contribution in [1.82, 2.24) is 13.9 Å². The Morgan fingerprint density at radius 1 is 1.46 bits per heavy atom. The molecule has 1 spiro atoms. The summed E-state index contributed by atoms with van der Waals surface area (Å²) in [5.41, 5.74) is 3.27. The van der Waals surface area contributed by atoms with E-state index in [1.165, 1.54) is 17.5 Å². The molecule has 26 heavy (non-hydrogen) atoms. The molecule has 3 heterocycles. The Kier molecular flexibility index (Phi) is 3.76. The van der Waals surface area contributed by atoms with Gasteiger partial charge in [0.1, 0.15) is 11.2 Å². The summed E-state index contributed by atoms with van der Waals surface area (Å²) in [4.78, 5) is 2.16. The van der Waals surface area contributed by atoms with Crippen LogP contribution in [0.1, 0.15) is 24.0 Å². The zero-order chi connectivity index (χ0) is 18.9. The number of halogens is 1. The van der Waals surface area contributed by atoms with Gasteiger partial charge < -0.3 is 4.90 Å². The molecule has 1 aliphatic heterocycles. The van der Waals surface area contributed by atoms with Crippen molar-refractivity contribution in [2.75, 3.05) is 25.0 Å². The van der Waals surface area contributed by atoms with Crippen molar-refractivity contribution in [3.63, 3.8) is 0 Å². The fourth-order valence-corrected chi connectivity index (χ4v) is 5.13. The molecule has 0 radical (unpaired) electrons. The molecule has 2 aliphatic rings. The Morgan fingerprint density at radius 3 is 2.69 bits per heavy atom. The zero-order valence-electron chi connectivity index (χ0n) is 14.5. The van der Waals surface area contributed by atoms with Crippen molar-refractivity contribution in [2.45, 2.75) is 25.8 Å². The van der Waals surface area contributed by atoms with Gasteiger partial charge in [-0.2, -0.15) is 23.1 Å². The van der Waals surface area contributed by atoms with Gasteiger partial charge in [0, 0.05) is 31.6 Å². The number of anilines is 1. The van der Waals surface area contributed by atoms with E-state index in [2.05, 4.69) is 16.1 Å². The van der Waals surface area contributed by atoms with Crippen LogP contribution in [0, 0.1) is 23.7 Å². The maximum absolute atomic E-state index is 11.5. The number of nitrogens with zero attached hydrogens (tertiary/aromatic N) is 5. The Labute approximate surface area is 156 Å². The molecule has 2 aromatic rings. The number of aryl methyl sites for hydroxylation is 1. The van der Waals surface area contributed by atoms with Crippen LogP contribution >= 0.6 is 11.6 Å². The molecule has 0 atom stereocenters. The van der Waals surface area contributed by atoms with Crippen molar-refractivity contribution < 1.29 is 8.42 Å². The number of hydrogen-bond donors (Lipinski definition) is 1. The molecule has 2 N–H and O–H groups in total. The number of fused-ring (bicyclic) bond motifs is 1. The van der Waals surface area contributed by atoms with Crippen LogP contribution < -0.4 is 10.0 Å². The van der Waals surface area contributed by atoms with Gasteiger partial charge in [0.2, 0.25) is 0 Å². The molecule has 1 saturated heterocycles. The minimum atomic E-state index is -3.65. The predicted octanol–water partition coefficient (Wildman–Crippen LogP) is 1.27. The van der Waals surface area contributed by atoms with Crippen molar-refractivity contribution in [2.24, 2.45) is 10.6 Å². The molecular formula is C16H19ClN6O2S. The van der Waals surface area contributed by atoms with E-state index < -0.39 is 10.2 Å². The van der Waals surface area contributed by atoms with Crippen LogP contribution in [0.4, 0.5) is 5.69 Å². The largest absolute Gasteiger partial charge is 0.367 e. The summed E-state index contributed by atoms with van der Waals surface area (Å²) in [6, 6.07) is 4.01. The molecule has 0 unspecified atom stereocenters. The van der Waals surface area contributed by atoms with E-state index >= 15 is 0 Å². The molecule has 2 fully saturated rings. The van der Waals surface area contributed by atoms with Gasteiger partial charge in [0.05, 0.1) is 23.0 Å². The van der Waals surface area contributed by atoms with Gasteiger partial charge in [0.25, 0.3) is 10.2 Å². The fraction of sp³-hybridized carbons (Fsp3) is 0.500. The summed E-state index contributed by atoms with van der Waals surface area (Å²) in [6.45, 7) is 3.50. The van der Waals surface area contributed by atoms with Crippen LogP contribution in [0.5, 0.6) is 0 Å². The quantitative estimate of drug-likeness (QED) is 0.843. The van der Waals surface area contributed by atoms with E-state index in [1.807, 2.05) is 13.0 Å². The minimum absolute atomic E-state index is 0.0514. The zero-order valence-corrected chi connectivity index (χ0v) is 16.0. The molecule has 1 aliphatic carbocycles. The summed E-state index contributed by atoms with van der Waals surface area (Å²) < 4.78 is 25.8. The molecule has 4 rings (SSSR count). The highest BCUT2D eigenvalue weighted by molar-refractivity contribution is 7.86. The van der Waals surface area contributed by atoms with Gasteiger partial charge in [-0.3, -0.25) is 0 Å². The summed E-state index contributed by atoms with van der Waals surface area (Å²) >= 11 is 6.23. The molecule has 138 valence electrons. The maximum Gasteiger partial charge on any atom is 0.276 e. The third kappa shape index (κ3) is 2.48. The van der Waals surface area contributed by atoms with Crippen LogP contribution in [0.3, 0.4) is 0 Å². The number of rotatable bonds is 3. The molecule has 0 bridgehead atoms. The van der Waals surface area contributed by atoms with Crippen molar-refractivity contribution in [3.8, 4) is 6.07 Å². The summed E-state index contributed by atoms with van der Waals surface area (Å²) in [5, 5.41) is 19.5. The Balaban J connectivity index is 1.58. The van der Waals surface area contributed by atoms with Crippen LogP contribution in [-0.2, 0) is 10.2 Å². The van der Waals surface area contributed by atoms with Crippen LogP contribution in [0.25, 0.3) is 5.52 Å². The molecule has 8 nitrogen and oxygen atoms in total. The minimum Gasteiger partial charge on any atom is -0.367 e. The smallest absolute Gasteiger partial charge is 0.276 e. The predicted molar refractivity (Wildman–Crippen MR) is 98.2 cm³/mol. The first-order valence-corrected chi connectivity index (χ1v) is 10.1. The fourth-order valence-electron chi connectivity index (χ4n) is 4.27. The van der Waals surface area contributed by atoms with Gasteiger partial charge in [-0.25, -0.2) is 9.65 Å². The van der Waals surface area contributed by atoms with E-state index in [9.17, 15) is 13.7 Å². The third-order valence-electron chi connectivity index (χ3n) is 5.65. The first-order valence-electron chi connectivity index (χ1n) is 8.23. The van der Waals surface area contributed by atoms with Crippen molar-refractivity contribution >= 4 is 33.0 Å². The molecule has 1 saturated carbocycles. The second-order valence-electron chi connectivity index (χ2n) is 7.41. The SMILES string of the molecule is Cc1cc(Cl)n2ncc(C#N)c(N3CC4(CC(N(C)S(N)(=O)=O)C4)C3)c12. The average molecular weight is 395 g/mol. The average Bonchev–Trinajstić information content (AvgIpc) is 2.78. The second kappa shape index (κ2) is 5.57. The molecule has 0 aromatic carbocycles. The lowest BCUT2D eigenvalue weighted by atomic mass is 9.60. The van der Waals surface area contributed by atoms with E-state index in [1.54, 1.807) is 4.52 Å². The Bertz CT molecular complexity index is 1040. The summed E-state index contributed by atoms with van der Waals surface area (Å²) in [7, 11) is -2.13. The van der Waals surface area contributed by atoms with E-state index in [-0.39, 0.29) is 11.5 Å². The molecule has 0 amide bonds. The first-order chi connectivity index (χ1) is 12.1.